The zero-order valence-corrected chi connectivity index (χ0v) is 17.6. The number of hydrogen-bond donors (Lipinski definition) is 4. The number of nitrogen functional groups attached to an aromatic ring is 4. The van der Waals surface area contributed by atoms with E-state index in [9.17, 15) is 43.9 Å². The summed E-state index contributed by atoms with van der Waals surface area (Å²) in [4.78, 5) is 0. The highest BCUT2D eigenvalue weighted by Crippen LogP contribution is 2.46. The maximum absolute atomic E-state index is 13.5. The van der Waals surface area contributed by atoms with Crippen LogP contribution in [-0.2, 0) is 29.4 Å². The Hall–Kier alpha value is -3.10. The lowest BCUT2D eigenvalue weighted by molar-refractivity contribution is -0.289. The van der Waals surface area contributed by atoms with E-state index in [0.29, 0.717) is 24.3 Å². The molecule has 0 atom stereocenters. The first-order valence-electron chi connectivity index (χ1n) is 9.64. The summed E-state index contributed by atoms with van der Waals surface area (Å²) in [5, 5.41) is 0. The van der Waals surface area contributed by atoms with Crippen molar-refractivity contribution in [2.45, 2.75) is 37.0 Å². The molecule has 0 heterocycles. The van der Waals surface area contributed by atoms with Crippen LogP contribution < -0.4 is 22.9 Å². The molecular weight excluding hydrogens is 502 g/mol. The summed E-state index contributed by atoms with van der Waals surface area (Å²) in [5.74, 6) is -10.3. The summed E-state index contributed by atoms with van der Waals surface area (Å²) in [5.41, 5.74) is 17.9. The maximum Gasteiger partial charge on any atom is 0.458 e. The Kier molecular flexibility index (Phi) is 7.64. The molecule has 8 N–H and O–H groups in total. The highest BCUT2D eigenvalue weighted by molar-refractivity contribution is 5.65. The third-order valence-corrected chi connectivity index (χ3v) is 5.07. The van der Waals surface area contributed by atoms with Crippen molar-refractivity contribution >= 4 is 22.7 Å². The van der Waals surface area contributed by atoms with E-state index in [1.165, 1.54) is 0 Å². The monoisotopic (exact) mass is 522 g/mol. The number of rotatable bonds is 8. The van der Waals surface area contributed by atoms with Crippen LogP contribution in [0.2, 0.25) is 0 Å². The van der Waals surface area contributed by atoms with Gasteiger partial charge in [-0.15, -0.1) is 0 Å². The zero-order chi connectivity index (χ0) is 27.0. The Morgan fingerprint density at radius 3 is 1.00 bits per heavy atom. The van der Waals surface area contributed by atoms with Gasteiger partial charge in [-0.05, 0) is 37.1 Å². The summed E-state index contributed by atoms with van der Waals surface area (Å²) in [6.07, 6.45) is -11.9. The van der Waals surface area contributed by atoms with Gasteiger partial charge in [-0.1, -0.05) is 0 Å². The Morgan fingerprint density at radius 1 is 0.514 bits per heavy atom. The lowest BCUT2D eigenvalue weighted by Gasteiger charge is -2.22. The Morgan fingerprint density at radius 2 is 0.771 bits per heavy atom. The van der Waals surface area contributed by atoms with Crippen LogP contribution in [0.5, 0.6) is 0 Å². The van der Waals surface area contributed by atoms with E-state index in [1.807, 2.05) is 0 Å². The molecule has 5 nitrogen and oxygen atoms in total. The van der Waals surface area contributed by atoms with Gasteiger partial charge in [0.25, 0.3) is 0 Å². The molecule has 0 radical (unpaired) electrons. The second-order valence-corrected chi connectivity index (χ2v) is 7.52. The van der Waals surface area contributed by atoms with E-state index in [4.69, 9.17) is 27.7 Å². The molecule has 0 aliphatic rings. The highest BCUT2D eigenvalue weighted by Gasteiger charge is 2.59. The molecule has 0 unspecified atom stereocenters. The van der Waals surface area contributed by atoms with Gasteiger partial charge in [0.05, 0.1) is 13.2 Å². The fourth-order valence-electron chi connectivity index (χ4n) is 3.15. The van der Waals surface area contributed by atoms with Gasteiger partial charge in [0, 0.05) is 45.0 Å². The van der Waals surface area contributed by atoms with Gasteiger partial charge in [-0.2, -0.15) is 43.9 Å². The normalized spacial score (nSPS) is 13.3. The number of halogens is 10. The second kappa shape index (κ2) is 9.51. The molecular formula is C20H20F10N4O. The third-order valence-electron chi connectivity index (χ3n) is 5.07. The summed E-state index contributed by atoms with van der Waals surface area (Å²) in [6, 6.07) is 1.83. The first-order chi connectivity index (χ1) is 15.8. The molecule has 0 saturated heterocycles. The molecule has 0 amide bonds. The van der Waals surface area contributed by atoms with Gasteiger partial charge in [-0.3, -0.25) is 0 Å². The Balaban J connectivity index is 2.03. The van der Waals surface area contributed by atoms with Gasteiger partial charge in [0.1, 0.15) is 0 Å². The first kappa shape index (κ1) is 28.1. The van der Waals surface area contributed by atoms with Crippen molar-refractivity contribution in [1.82, 2.24) is 0 Å². The minimum atomic E-state index is -5.85. The first-order valence-corrected chi connectivity index (χ1v) is 9.64. The van der Waals surface area contributed by atoms with Crippen molar-refractivity contribution in [2.24, 2.45) is 0 Å². The van der Waals surface area contributed by atoms with Crippen LogP contribution >= 0.6 is 0 Å². The molecule has 2 rings (SSSR count). The third kappa shape index (κ3) is 5.77. The minimum absolute atomic E-state index is 0.0597. The van der Waals surface area contributed by atoms with Crippen molar-refractivity contribution in [2.75, 3.05) is 36.1 Å². The lowest BCUT2D eigenvalue weighted by atomic mass is 10.00. The number of ether oxygens (including phenoxy) is 1. The summed E-state index contributed by atoms with van der Waals surface area (Å²) >= 11 is 0. The largest absolute Gasteiger partial charge is 0.458 e. The van der Waals surface area contributed by atoms with Gasteiger partial charge >= 0.3 is 24.2 Å². The Bertz CT molecular complexity index is 937. The average Bonchev–Trinajstić information content (AvgIpc) is 2.68. The number of alkyl halides is 10. The number of benzene rings is 2. The maximum atomic E-state index is 13.5. The van der Waals surface area contributed by atoms with E-state index in [1.54, 1.807) is 0 Å². The predicted octanol–water partition coefficient (Wildman–Crippen LogP) is 5.13. The van der Waals surface area contributed by atoms with Gasteiger partial charge in [0.15, 0.2) is 0 Å². The molecule has 0 spiro atoms. The van der Waals surface area contributed by atoms with Crippen LogP contribution in [0.4, 0.5) is 66.7 Å². The predicted molar refractivity (Wildman–Crippen MR) is 109 cm³/mol. The van der Waals surface area contributed by atoms with E-state index in [-0.39, 0.29) is 37.2 Å². The van der Waals surface area contributed by atoms with Crippen LogP contribution in [0, 0.1) is 0 Å². The van der Waals surface area contributed by atoms with Crippen LogP contribution in [0.15, 0.2) is 24.3 Å². The summed E-state index contributed by atoms with van der Waals surface area (Å²) in [6.45, 7) is -0.291. The van der Waals surface area contributed by atoms with Crippen molar-refractivity contribution in [1.29, 1.82) is 0 Å². The van der Waals surface area contributed by atoms with Crippen molar-refractivity contribution < 1.29 is 48.6 Å². The zero-order valence-electron chi connectivity index (χ0n) is 17.6. The van der Waals surface area contributed by atoms with Crippen molar-refractivity contribution in [3.8, 4) is 0 Å². The topological polar surface area (TPSA) is 113 Å². The molecule has 15 heteroatoms. The minimum Gasteiger partial charge on any atom is -0.398 e. The molecule has 0 fully saturated rings. The summed E-state index contributed by atoms with van der Waals surface area (Å²) in [7, 11) is 0. The summed E-state index contributed by atoms with van der Waals surface area (Å²) < 4.78 is 135. The fraction of sp³-hybridized carbons (Fsp3) is 0.400. The van der Waals surface area contributed by atoms with Crippen molar-refractivity contribution in [3.05, 3.63) is 46.5 Å². The Labute approximate surface area is 192 Å². The average molecular weight is 522 g/mol. The van der Waals surface area contributed by atoms with Crippen LogP contribution in [0.3, 0.4) is 0 Å². The number of nitrogens with two attached hydrogens (primary N) is 4. The SMILES string of the molecule is Nc1cc(C(F)(F)C(F)(F)F)cc(N)c1CCOCCc1c(N)cc(C(F)(F)C(F)(F)F)cc1N. The second-order valence-electron chi connectivity index (χ2n) is 7.52. The molecule has 0 aliphatic heterocycles. The number of anilines is 4. The van der Waals surface area contributed by atoms with E-state index >= 15 is 0 Å². The standard InChI is InChI=1S/C20H20F10N4O/c21-17(22,19(25,26)27)9-5-13(31)11(14(32)6-9)1-3-35-4-2-12-15(33)7-10(8-16(12)34)18(23,24)20(28,29)30/h5-8H,1-4,31-34H2. The highest BCUT2D eigenvalue weighted by atomic mass is 19.4. The van der Waals surface area contributed by atoms with E-state index in [0.717, 1.165) is 0 Å². The molecule has 35 heavy (non-hydrogen) atoms. The van der Waals surface area contributed by atoms with Gasteiger partial charge < -0.3 is 27.7 Å². The number of hydrogen-bond acceptors (Lipinski definition) is 5. The molecule has 0 aromatic heterocycles. The quantitative estimate of drug-likeness (QED) is 0.218. The lowest BCUT2D eigenvalue weighted by Crippen LogP contribution is -2.34. The van der Waals surface area contributed by atoms with Crippen molar-refractivity contribution in [3.63, 3.8) is 0 Å². The smallest absolute Gasteiger partial charge is 0.398 e. The van der Waals surface area contributed by atoms with Crippen LogP contribution in [0.25, 0.3) is 0 Å². The molecule has 0 aliphatic carbocycles. The van der Waals surface area contributed by atoms with Gasteiger partial charge in [-0.25, -0.2) is 0 Å². The molecule has 2 aromatic rings. The van der Waals surface area contributed by atoms with Crippen LogP contribution in [0.1, 0.15) is 22.3 Å². The van der Waals surface area contributed by atoms with Crippen LogP contribution in [-0.4, -0.2) is 25.6 Å². The molecule has 2 aromatic carbocycles. The van der Waals surface area contributed by atoms with E-state index in [2.05, 4.69) is 0 Å². The molecule has 196 valence electrons. The molecule has 0 saturated carbocycles. The van der Waals surface area contributed by atoms with E-state index < -0.39 is 58.1 Å². The fourth-order valence-corrected chi connectivity index (χ4v) is 3.15. The molecule has 0 bridgehead atoms. The van der Waals surface area contributed by atoms with Gasteiger partial charge in [0.2, 0.25) is 0 Å².